The molecule has 0 aliphatic carbocycles. The van der Waals surface area contributed by atoms with Gasteiger partial charge in [-0.2, -0.15) is 0 Å². The fraction of sp³-hybridized carbons (Fsp3) is 0.300. The normalized spacial score (nSPS) is 16.5. The smallest absolute Gasteiger partial charge is 0.273 e. The van der Waals surface area contributed by atoms with E-state index < -0.39 is 0 Å². The van der Waals surface area contributed by atoms with Gasteiger partial charge in [0.05, 0.1) is 6.54 Å². The van der Waals surface area contributed by atoms with Gasteiger partial charge < -0.3 is 14.5 Å². The lowest BCUT2D eigenvalue weighted by Crippen LogP contribution is -2.31. The number of anilines is 1. The Balaban J connectivity index is 1.45. The fourth-order valence-corrected chi connectivity index (χ4v) is 3.23. The molecule has 1 unspecified atom stereocenters. The highest BCUT2D eigenvalue weighted by atomic mass is 16.5. The molecule has 1 aliphatic heterocycles. The van der Waals surface area contributed by atoms with Crippen LogP contribution in [0.5, 0.6) is 5.88 Å². The molecule has 0 N–H and O–H groups in total. The van der Waals surface area contributed by atoms with Crippen molar-refractivity contribution in [2.75, 3.05) is 32.1 Å². The number of ether oxygens (including phenoxy) is 1. The van der Waals surface area contributed by atoms with Crippen LogP contribution in [0.2, 0.25) is 0 Å². The molecule has 0 bridgehead atoms. The summed E-state index contributed by atoms with van der Waals surface area (Å²) in [5, 5.41) is 10.1. The van der Waals surface area contributed by atoms with Gasteiger partial charge in [-0.15, -0.1) is 10.2 Å². The van der Waals surface area contributed by atoms with E-state index in [4.69, 9.17) is 4.74 Å². The summed E-state index contributed by atoms with van der Waals surface area (Å²) >= 11 is 0. The first-order chi connectivity index (χ1) is 13.1. The van der Waals surface area contributed by atoms with E-state index in [9.17, 15) is 4.79 Å². The van der Waals surface area contributed by atoms with Gasteiger partial charge in [0.1, 0.15) is 11.8 Å². The number of carbonyl (C=O) groups excluding carboxylic acids is 1. The number of aromatic nitrogens is 3. The molecule has 3 heterocycles. The summed E-state index contributed by atoms with van der Waals surface area (Å²) in [6.45, 7) is 1.15. The zero-order valence-electron chi connectivity index (χ0n) is 15.4. The van der Waals surface area contributed by atoms with Gasteiger partial charge in [0, 0.05) is 44.7 Å². The lowest BCUT2D eigenvalue weighted by Gasteiger charge is -2.17. The van der Waals surface area contributed by atoms with Crippen LogP contribution < -0.4 is 9.64 Å². The molecule has 1 atom stereocenters. The topological polar surface area (TPSA) is 71.5 Å². The Morgan fingerprint density at radius 2 is 2.00 bits per heavy atom. The molecule has 7 heteroatoms. The summed E-state index contributed by atoms with van der Waals surface area (Å²) in [7, 11) is 3.82. The van der Waals surface area contributed by atoms with Gasteiger partial charge in [-0.3, -0.25) is 9.78 Å². The maximum absolute atomic E-state index is 13.0. The Hall–Kier alpha value is -3.22. The summed E-state index contributed by atoms with van der Waals surface area (Å²) < 4.78 is 5.91. The Bertz CT molecular complexity index is 953. The summed E-state index contributed by atoms with van der Waals surface area (Å²) in [4.78, 5) is 21.0. The highest BCUT2D eigenvalue weighted by Gasteiger charge is 2.30. The average Bonchev–Trinajstić information content (AvgIpc) is 3.16. The second kappa shape index (κ2) is 7.19. The van der Waals surface area contributed by atoms with Gasteiger partial charge in [0.15, 0.2) is 5.82 Å². The minimum atomic E-state index is -0.0940. The Morgan fingerprint density at radius 1 is 1.15 bits per heavy atom. The number of benzene rings is 1. The maximum Gasteiger partial charge on any atom is 0.273 e. The lowest BCUT2D eigenvalue weighted by atomic mass is 10.1. The fourth-order valence-electron chi connectivity index (χ4n) is 3.23. The number of hydrogen-bond donors (Lipinski definition) is 0. The molecule has 0 spiro atoms. The van der Waals surface area contributed by atoms with Crippen LogP contribution in [0.4, 0.5) is 5.82 Å². The largest absolute Gasteiger partial charge is 0.471 e. The van der Waals surface area contributed by atoms with Crippen LogP contribution in [0.15, 0.2) is 48.7 Å². The molecular weight excluding hydrogens is 342 g/mol. The molecule has 1 fully saturated rings. The summed E-state index contributed by atoms with van der Waals surface area (Å²) in [6.07, 6.45) is 2.35. The highest BCUT2D eigenvalue weighted by molar-refractivity contribution is 6.05. The van der Waals surface area contributed by atoms with Gasteiger partial charge in [-0.05, 0) is 17.5 Å². The number of likely N-dealkylation sites (tertiary alicyclic amines) is 1. The van der Waals surface area contributed by atoms with Crippen molar-refractivity contribution >= 4 is 22.5 Å². The maximum atomic E-state index is 13.0. The minimum Gasteiger partial charge on any atom is -0.471 e. The molecule has 1 amide bonds. The van der Waals surface area contributed by atoms with Gasteiger partial charge >= 0.3 is 0 Å². The van der Waals surface area contributed by atoms with E-state index >= 15 is 0 Å². The second-order valence-electron chi connectivity index (χ2n) is 6.78. The first kappa shape index (κ1) is 17.2. The summed E-state index contributed by atoms with van der Waals surface area (Å²) in [5.74, 6) is 1.18. The third-order valence-corrected chi connectivity index (χ3v) is 4.68. The SMILES string of the molecule is CN(C)c1ccc(OC2CCN(C(=O)c3nccc4ccccc34)C2)nn1. The monoisotopic (exact) mass is 363 g/mol. The second-order valence-corrected chi connectivity index (χ2v) is 6.78. The zero-order valence-corrected chi connectivity index (χ0v) is 15.4. The molecule has 138 valence electrons. The molecule has 1 saturated heterocycles. The van der Waals surface area contributed by atoms with E-state index in [2.05, 4.69) is 15.2 Å². The van der Waals surface area contributed by atoms with Crippen LogP contribution in [0.3, 0.4) is 0 Å². The van der Waals surface area contributed by atoms with Crippen molar-refractivity contribution in [3.05, 3.63) is 54.4 Å². The number of hydrogen-bond acceptors (Lipinski definition) is 6. The van der Waals surface area contributed by atoms with Crippen molar-refractivity contribution in [2.45, 2.75) is 12.5 Å². The predicted octanol–water partition coefficient (Wildman–Crippen LogP) is 2.38. The van der Waals surface area contributed by atoms with Crippen molar-refractivity contribution in [1.29, 1.82) is 0 Å². The molecule has 3 aromatic rings. The lowest BCUT2D eigenvalue weighted by molar-refractivity contribution is 0.0767. The quantitative estimate of drug-likeness (QED) is 0.709. The van der Waals surface area contributed by atoms with Crippen molar-refractivity contribution in [1.82, 2.24) is 20.1 Å². The summed E-state index contributed by atoms with van der Waals surface area (Å²) in [5.41, 5.74) is 0.490. The third-order valence-electron chi connectivity index (χ3n) is 4.68. The predicted molar refractivity (Wildman–Crippen MR) is 103 cm³/mol. The number of amides is 1. The van der Waals surface area contributed by atoms with Crippen LogP contribution >= 0.6 is 0 Å². The number of rotatable bonds is 4. The molecule has 1 aliphatic rings. The van der Waals surface area contributed by atoms with E-state index in [1.165, 1.54) is 0 Å². The van der Waals surface area contributed by atoms with E-state index in [0.717, 1.165) is 23.0 Å². The van der Waals surface area contributed by atoms with Crippen molar-refractivity contribution in [3.63, 3.8) is 0 Å². The average molecular weight is 363 g/mol. The van der Waals surface area contributed by atoms with Crippen molar-refractivity contribution < 1.29 is 9.53 Å². The van der Waals surface area contributed by atoms with Crippen LogP contribution in [0.25, 0.3) is 10.8 Å². The Kier molecular flexibility index (Phi) is 4.58. The van der Waals surface area contributed by atoms with Gasteiger partial charge in [-0.25, -0.2) is 0 Å². The third kappa shape index (κ3) is 3.53. The van der Waals surface area contributed by atoms with E-state index in [1.54, 1.807) is 17.2 Å². The minimum absolute atomic E-state index is 0.0630. The van der Waals surface area contributed by atoms with Crippen LogP contribution in [0, 0.1) is 0 Å². The first-order valence-corrected chi connectivity index (χ1v) is 8.92. The molecule has 2 aromatic heterocycles. The van der Waals surface area contributed by atoms with Crippen molar-refractivity contribution in [3.8, 4) is 5.88 Å². The Labute approximate surface area is 157 Å². The Morgan fingerprint density at radius 3 is 2.78 bits per heavy atom. The molecule has 27 heavy (non-hydrogen) atoms. The number of pyridine rings is 1. The number of nitrogens with zero attached hydrogens (tertiary/aromatic N) is 5. The number of fused-ring (bicyclic) bond motifs is 1. The molecule has 1 aromatic carbocycles. The molecule has 4 rings (SSSR count). The van der Waals surface area contributed by atoms with Gasteiger partial charge in [0.25, 0.3) is 5.91 Å². The standard InChI is InChI=1S/C20H21N5O2/c1-24(2)17-7-8-18(23-22-17)27-15-10-12-25(13-15)20(26)19-16-6-4-3-5-14(16)9-11-21-19/h3-9,11,15H,10,12-13H2,1-2H3. The highest BCUT2D eigenvalue weighted by Crippen LogP contribution is 2.22. The molecular formula is C20H21N5O2. The molecule has 0 radical (unpaired) electrons. The van der Waals surface area contributed by atoms with Gasteiger partial charge in [-0.1, -0.05) is 24.3 Å². The van der Waals surface area contributed by atoms with E-state index in [0.29, 0.717) is 24.7 Å². The zero-order chi connectivity index (χ0) is 18.8. The first-order valence-electron chi connectivity index (χ1n) is 8.92. The molecule has 7 nitrogen and oxygen atoms in total. The molecule has 0 saturated carbocycles. The van der Waals surface area contributed by atoms with Crippen LogP contribution in [0.1, 0.15) is 16.9 Å². The number of carbonyl (C=O) groups is 1. The van der Waals surface area contributed by atoms with Gasteiger partial charge in [0.2, 0.25) is 5.88 Å². The summed E-state index contributed by atoms with van der Waals surface area (Å²) in [6, 6.07) is 13.4. The van der Waals surface area contributed by atoms with E-state index in [1.807, 2.05) is 55.4 Å². The van der Waals surface area contributed by atoms with Crippen molar-refractivity contribution in [2.24, 2.45) is 0 Å². The van der Waals surface area contributed by atoms with Crippen LogP contribution in [-0.4, -0.2) is 59.3 Å². The van der Waals surface area contributed by atoms with Crippen LogP contribution in [-0.2, 0) is 0 Å². The van der Waals surface area contributed by atoms with E-state index in [-0.39, 0.29) is 12.0 Å².